The zero-order valence-electron chi connectivity index (χ0n) is 15.8. The average molecular weight is 368 g/mol. The van der Waals surface area contributed by atoms with Gasteiger partial charge in [-0.15, -0.1) is 0 Å². The number of azo groups is 1. The number of ether oxygens (including phenoxy) is 2. The van der Waals surface area contributed by atoms with Gasteiger partial charge in [-0.25, -0.2) is 4.79 Å². The first kappa shape index (κ1) is 19.2. The van der Waals surface area contributed by atoms with Gasteiger partial charge in [0.15, 0.2) is 0 Å². The van der Waals surface area contributed by atoms with Crippen LogP contribution in [0.25, 0.3) is 0 Å². The predicted molar refractivity (Wildman–Crippen MR) is 102 cm³/mol. The fourth-order valence-electron chi connectivity index (χ4n) is 3.39. The Labute approximate surface area is 158 Å². The monoisotopic (exact) mass is 368 g/mol. The minimum absolute atomic E-state index is 0.0158. The highest BCUT2D eigenvalue weighted by atomic mass is 16.7. The van der Waals surface area contributed by atoms with E-state index in [0.717, 1.165) is 24.1 Å². The van der Waals surface area contributed by atoms with Gasteiger partial charge >= 0.3 is 5.97 Å². The van der Waals surface area contributed by atoms with Crippen molar-refractivity contribution in [2.45, 2.75) is 38.2 Å². The van der Waals surface area contributed by atoms with Crippen molar-refractivity contribution in [2.24, 2.45) is 10.2 Å². The van der Waals surface area contributed by atoms with Crippen molar-refractivity contribution in [3.05, 3.63) is 59.2 Å². The van der Waals surface area contributed by atoms with Crippen molar-refractivity contribution in [2.75, 3.05) is 13.9 Å². The molecular formula is C21H24N2O4. The molecule has 6 heteroatoms. The van der Waals surface area contributed by atoms with Crippen molar-refractivity contribution in [1.29, 1.82) is 0 Å². The Morgan fingerprint density at radius 1 is 1.15 bits per heavy atom. The quantitative estimate of drug-likeness (QED) is 0.537. The van der Waals surface area contributed by atoms with E-state index in [9.17, 15) is 4.79 Å². The lowest BCUT2D eigenvalue weighted by Gasteiger charge is -2.37. The smallest absolute Gasteiger partial charge is 0.335 e. The molecule has 0 fully saturated rings. The molecule has 0 spiro atoms. The second kappa shape index (κ2) is 7.98. The van der Waals surface area contributed by atoms with Crippen molar-refractivity contribution in [1.82, 2.24) is 0 Å². The number of methoxy groups -OCH3 is 1. The third-order valence-corrected chi connectivity index (χ3v) is 4.92. The summed E-state index contributed by atoms with van der Waals surface area (Å²) < 4.78 is 10.9. The minimum atomic E-state index is -0.960. The number of rotatable bonds is 6. The summed E-state index contributed by atoms with van der Waals surface area (Å²) in [6, 6.07) is 12.4. The van der Waals surface area contributed by atoms with Crippen LogP contribution in [0.2, 0.25) is 0 Å². The Morgan fingerprint density at radius 2 is 1.81 bits per heavy atom. The summed E-state index contributed by atoms with van der Waals surface area (Å²) in [5, 5.41) is 17.5. The molecule has 0 saturated carbocycles. The highest BCUT2D eigenvalue weighted by Gasteiger charge is 2.33. The molecule has 1 aliphatic rings. The molecule has 0 radical (unpaired) electrons. The Morgan fingerprint density at radius 3 is 2.48 bits per heavy atom. The Hall–Kier alpha value is -2.57. The first-order valence-corrected chi connectivity index (χ1v) is 8.91. The van der Waals surface area contributed by atoms with Crippen LogP contribution >= 0.6 is 0 Å². The Kier molecular flexibility index (Phi) is 5.68. The maximum Gasteiger partial charge on any atom is 0.335 e. The summed E-state index contributed by atoms with van der Waals surface area (Å²) in [4.78, 5) is 10.9. The number of fused-ring (bicyclic) bond motifs is 1. The van der Waals surface area contributed by atoms with Crippen LogP contribution in [-0.2, 0) is 14.9 Å². The van der Waals surface area contributed by atoms with E-state index in [1.807, 2.05) is 12.1 Å². The van der Waals surface area contributed by atoms with Gasteiger partial charge in [-0.05, 0) is 65.8 Å². The van der Waals surface area contributed by atoms with Gasteiger partial charge in [0.05, 0.1) is 23.0 Å². The predicted octanol–water partition coefficient (Wildman–Crippen LogP) is 5.53. The van der Waals surface area contributed by atoms with Gasteiger partial charge < -0.3 is 14.6 Å². The van der Waals surface area contributed by atoms with E-state index in [1.165, 1.54) is 17.7 Å². The molecule has 0 heterocycles. The Balaban J connectivity index is 1.85. The van der Waals surface area contributed by atoms with Crippen LogP contribution < -0.4 is 0 Å². The van der Waals surface area contributed by atoms with E-state index in [2.05, 4.69) is 30.1 Å². The lowest BCUT2D eigenvalue weighted by Crippen LogP contribution is -2.27. The van der Waals surface area contributed by atoms with E-state index in [1.54, 1.807) is 19.2 Å². The van der Waals surface area contributed by atoms with Gasteiger partial charge in [0.25, 0.3) is 0 Å². The van der Waals surface area contributed by atoms with E-state index >= 15 is 0 Å². The normalized spacial score (nSPS) is 18.4. The second-order valence-electron chi connectivity index (χ2n) is 7.31. The third kappa shape index (κ3) is 4.40. The lowest BCUT2D eigenvalue weighted by atomic mass is 9.71. The van der Waals surface area contributed by atoms with Gasteiger partial charge in [-0.3, -0.25) is 0 Å². The molecule has 6 nitrogen and oxygen atoms in total. The molecule has 1 unspecified atom stereocenters. The van der Waals surface area contributed by atoms with E-state index in [4.69, 9.17) is 14.6 Å². The molecule has 2 aromatic carbocycles. The molecule has 0 aromatic heterocycles. The summed E-state index contributed by atoms with van der Waals surface area (Å²) in [6.07, 6.45) is 1.96. The number of carbonyl (C=O) groups is 1. The lowest BCUT2D eigenvalue weighted by molar-refractivity contribution is -0.0808. The summed E-state index contributed by atoms with van der Waals surface area (Å²) in [6.45, 7) is 4.74. The molecule has 1 N–H and O–H groups in total. The molecule has 142 valence electrons. The SMILES string of the molecule is COCOC1CCC(C)(C)c2ccc(N=Nc3ccc(C(=O)O)cc3)cc21. The molecule has 0 bridgehead atoms. The van der Waals surface area contributed by atoms with Crippen LogP contribution in [0.4, 0.5) is 11.4 Å². The van der Waals surface area contributed by atoms with E-state index < -0.39 is 5.97 Å². The van der Waals surface area contributed by atoms with Crippen LogP contribution in [-0.4, -0.2) is 25.0 Å². The maximum absolute atomic E-state index is 10.9. The van der Waals surface area contributed by atoms with E-state index in [0.29, 0.717) is 5.69 Å². The molecule has 3 rings (SSSR count). The van der Waals surface area contributed by atoms with Crippen molar-refractivity contribution >= 4 is 17.3 Å². The minimum Gasteiger partial charge on any atom is -0.478 e. The molecule has 0 amide bonds. The largest absolute Gasteiger partial charge is 0.478 e. The number of hydrogen-bond acceptors (Lipinski definition) is 5. The van der Waals surface area contributed by atoms with Gasteiger partial charge in [0.1, 0.15) is 6.79 Å². The molecule has 2 aromatic rings. The first-order valence-electron chi connectivity index (χ1n) is 8.91. The van der Waals surface area contributed by atoms with Gasteiger partial charge in [0, 0.05) is 7.11 Å². The van der Waals surface area contributed by atoms with Gasteiger partial charge in [-0.2, -0.15) is 10.2 Å². The number of hydrogen-bond donors (Lipinski definition) is 1. The molecule has 0 aliphatic heterocycles. The summed E-state index contributed by atoms with van der Waals surface area (Å²) in [7, 11) is 1.62. The number of carboxylic acid groups (broad SMARTS) is 1. The van der Waals surface area contributed by atoms with E-state index in [-0.39, 0.29) is 23.9 Å². The molecule has 27 heavy (non-hydrogen) atoms. The highest BCUT2D eigenvalue weighted by Crippen LogP contribution is 2.44. The maximum atomic E-state index is 10.9. The number of aromatic carboxylic acids is 1. The molecule has 1 atom stereocenters. The number of nitrogens with zero attached hydrogens (tertiary/aromatic N) is 2. The molecule has 1 aliphatic carbocycles. The highest BCUT2D eigenvalue weighted by molar-refractivity contribution is 5.87. The van der Waals surface area contributed by atoms with Gasteiger partial charge in [0.2, 0.25) is 0 Å². The summed E-state index contributed by atoms with van der Waals surface area (Å²) in [5.41, 5.74) is 4.04. The summed E-state index contributed by atoms with van der Waals surface area (Å²) in [5.74, 6) is -0.960. The van der Waals surface area contributed by atoms with Crippen molar-refractivity contribution < 1.29 is 19.4 Å². The van der Waals surface area contributed by atoms with Crippen LogP contribution in [0.3, 0.4) is 0 Å². The fraction of sp³-hybridized carbons (Fsp3) is 0.381. The topological polar surface area (TPSA) is 80.5 Å². The van der Waals surface area contributed by atoms with Gasteiger partial charge in [-0.1, -0.05) is 19.9 Å². The summed E-state index contributed by atoms with van der Waals surface area (Å²) >= 11 is 0. The molecular weight excluding hydrogens is 344 g/mol. The number of carboxylic acids is 1. The van der Waals surface area contributed by atoms with Crippen LogP contribution in [0, 0.1) is 0 Å². The second-order valence-corrected chi connectivity index (χ2v) is 7.31. The molecule has 0 saturated heterocycles. The standard InChI is InChI=1S/C21H24N2O4/c1-21(2)11-10-19(27-13-26-3)17-12-16(8-9-18(17)21)23-22-15-6-4-14(5-7-15)20(24)25/h4-9,12,19H,10-11,13H2,1-3H3,(H,24,25). The fourth-order valence-corrected chi connectivity index (χ4v) is 3.39. The zero-order chi connectivity index (χ0) is 19.4. The first-order chi connectivity index (χ1) is 12.9. The van der Waals surface area contributed by atoms with Crippen LogP contribution in [0.15, 0.2) is 52.7 Å². The number of benzene rings is 2. The van der Waals surface area contributed by atoms with Crippen LogP contribution in [0.1, 0.15) is 54.3 Å². The Bertz CT molecular complexity index is 844. The van der Waals surface area contributed by atoms with Crippen molar-refractivity contribution in [3.63, 3.8) is 0 Å². The average Bonchev–Trinajstić information content (AvgIpc) is 2.66. The van der Waals surface area contributed by atoms with Crippen LogP contribution in [0.5, 0.6) is 0 Å². The van der Waals surface area contributed by atoms with Crippen molar-refractivity contribution in [3.8, 4) is 0 Å². The zero-order valence-corrected chi connectivity index (χ0v) is 15.8. The third-order valence-electron chi connectivity index (χ3n) is 4.92.